The van der Waals surface area contributed by atoms with Crippen molar-refractivity contribution in [3.8, 4) is 11.5 Å². The fraction of sp³-hybridized carbons (Fsp3) is 0.429. The number of hydrogen-bond donors (Lipinski definition) is 4. The lowest BCUT2D eigenvalue weighted by Gasteiger charge is -2.06. The Bertz CT molecular complexity index is 1340. The molecule has 0 aromatic heterocycles. The third-order valence-corrected chi connectivity index (χ3v) is 7.01. The molecule has 0 saturated carbocycles. The second-order valence-electron chi connectivity index (χ2n) is 8.74. The molecule has 2 rings (SSSR count). The molecule has 15 nitrogen and oxygen atoms in total. The number of unbranched alkanes of at least 4 members (excludes halogenated alkanes) is 2. The molecule has 17 heteroatoms. The van der Waals surface area contributed by atoms with E-state index >= 15 is 0 Å². The molecule has 45 heavy (non-hydrogen) atoms. The molecule has 4 N–H and O–H groups in total. The lowest BCUT2D eigenvalue weighted by molar-refractivity contribution is -0.136. The van der Waals surface area contributed by atoms with Crippen LogP contribution >= 0.6 is 0 Å². The van der Waals surface area contributed by atoms with E-state index in [1.54, 1.807) is 13.8 Å². The predicted octanol–water partition coefficient (Wildman–Crippen LogP) is 5.11. The lowest BCUT2D eigenvalue weighted by Crippen LogP contribution is -2.17. The molecule has 0 fully saturated rings. The van der Waals surface area contributed by atoms with Crippen LogP contribution < -0.4 is 4.74 Å². The molecule has 2 aromatic carbocycles. The van der Waals surface area contributed by atoms with Crippen LogP contribution in [-0.2, 0) is 39.3 Å². The van der Waals surface area contributed by atoms with Crippen molar-refractivity contribution >= 4 is 43.6 Å². The molecule has 0 unspecified atom stereocenters. The quantitative estimate of drug-likeness (QED) is 0.0670. The van der Waals surface area contributed by atoms with Crippen molar-refractivity contribution in [1.82, 2.24) is 0 Å². The molecule has 0 heterocycles. The fourth-order valence-electron chi connectivity index (χ4n) is 3.00. The molecule has 0 amide bonds. The van der Waals surface area contributed by atoms with Gasteiger partial charge in [-0.2, -0.15) is 16.8 Å². The highest BCUT2D eigenvalue weighted by molar-refractivity contribution is 7.86. The van der Waals surface area contributed by atoms with E-state index in [9.17, 15) is 26.4 Å². The first-order valence-corrected chi connectivity index (χ1v) is 16.6. The monoisotopic (exact) mass is 676 g/mol. The van der Waals surface area contributed by atoms with Crippen molar-refractivity contribution in [3.05, 3.63) is 48.5 Å². The highest BCUT2D eigenvalue weighted by atomic mass is 32.2. The molecule has 0 spiro atoms. The van der Waals surface area contributed by atoms with Crippen LogP contribution in [0.4, 0.5) is 0 Å². The Balaban J connectivity index is 0.000000697. The smallest absolute Gasteiger partial charge is 0.356 e. The SMILES string of the molecule is CCCCC(=NO)C(=O)OCC.CCCCC(=NO)C(=O)OCC.O=S(=O)(O)c1ccc(Oc2ccc(S(=O)(=O)O)cc2)cc1. The Morgan fingerprint density at radius 3 is 1.16 bits per heavy atom. The first-order chi connectivity index (χ1) is 21.2. The Morgan fingerprint density at radius 1 is 0.622 bits per heavy atom. The van der Waals surface area contributed by atoms with E-state index in [-0.39, 0.29) is 21.2 Å². The van der Waals surface area contributed by atoms with E-state index in [2.05, 4.69) is 19.8 Å². The van der Waals surface area contributed by atoms with Gasteiger partial charge < -0.3 is 24.6 Å². The third-order valence-electron chi connectivity index (χ3n) is 5.28. The van der Waals surface area contributed by atoms with Crippen molar-refractivity contribution in [2.75, 3.05) is 13.2 Å². The van der Waals surface area contributed by atoms with Crippen molar-refractivity contribution in [2.45, 2.75) is 76.0 Å². The predicted molar refractivity (Wildman–Crippen MR) is 163 cm³/mol. The van der Waals surface area contributed by atoms with Crippen LogP contribution in [-0.4, -0.2) is 72.9 Å². The van der Waals surface area contributed by atoms with Gasteiger partial charge in [-0.15, -0.1) is 0 Å². The standard InChI is InChI=1S/C12H10O7S2.2C8H15NO3/c13-20(14,15)11-5-1-9(2-6-11)19-10-3-7-12(8-4-10)21(16,17)18;2*1-3-5-6-7(9-11)8(10)12-4-2/h1-8H,(H,13,14,15)(H,16,17,18);2*11H,3-6H2,1-2H3. The van der Waals surface area contributed by atoms with Crippen LogP contribution in [0.5, 0.6) is 11.5 Å². The van der Waals surface area contributed by atoms with Gasteiger partial charge in [-0.05, 0) is 75.2 Å². The summed E-state index contributed by atoms with van der Waals surface area (Å²) in [5.74, 6) is -0.453. The number of rotatable bonds is 14. The molecular weight excluding hydrogens is 636 g/mol. The summed E-state index contributed by atoms with van der Waals surface area (Å²) in [5, 5.41) is 22.6. The zero-order chi connectivity index (χ0) is 34.5. The molecule has 0 radical (unpaired) electrons. The first-order valence-electron chi connectivity index (χ1n) is 13.8. The van der Waals surface area contributed by atoms with Gasteiger partial charge in [-0.25, -0.2) is 9.59 Å². The van der Waals surface area contributed by atoms with Crippen molar-refractivity contribution < 1.29 is 60.2 Å². The fourth-order valence-corrected chi connectivity index (χ4v) is 3.96. The number of hydrogen-bond acceptors (Lipinski definition) is 13. The Hall–Kier alpha value is -4.06. The Morgan fingerprint density at radius 2 is 0.933 bits per heavy atom. The van der Waals surface area contributed by atoms with Crippen LogP contribution in [0.2, 0.25) is 0 Å². The van der Waals surface area contributed by atoms with Crippen molar-refractivity contribution in [2.24, 2.45) is 10.3 Å². The number of carbonyl (C=O) groups is 2. The van der Waals surface area contributed by atoms with Gasteiger partial charge in [0.05, 0.1) is 23.0 Å². The number of esters is 2. The van der Waals surface area contributed by atoms with Crippen molar-refractivity contribution in [3.63, 3.8) is 0 Å². The molecule has 0 aliphatic rings. The largest absolute Gasteiger partial charge is 0.461 e. The van der Waals surface area contributed by atoms with Crippen LogP contribution in [0, 0.1) is 0 Å². The first kappa shape index (κ1) is 40.9. The Labute approximate surface area is 263 Å². The summed E-state index contributed by atoms with van der Waals surface area (Å²) in [6.45, 7) is 8.05. The van der Waals surface area contributed by atoms with Gasteiger partial charge in [-0.3, -0.25) is 9.11 Å². The number of ether oxygens (including phenoxy) is 3. The van der Waals surface area contributed by atoms with E-state index in [0.717, 1.165) is 49.9 Å². The molecule has 0 aliphatic heterocycles. The maximum absolute atomic E-state index is 11.0. The maximum atomic E-state index is 11.0. The highest BCUT2D eigenvalue weighted by Gasteiger charge is 2.13. The van der Waals surface area contributed by atoms with E-state index in [1.165, 1.54) is 24.3 Å². The summed E-state index contributed by atoms with van der Waals surface area (Å²) >= 11 is 0. The van der Waals surface area contributed by atoms with Gasteiger partial charge in [0.2, 0.25) is 0 Å². The average molecular weight is 677 g/mol. The molecule has 0 saturated heterocycles. The molecular formula is C28H40N2O13S2. The second kappa shape index (κ2) is 21.6. The van der Waals surface area contributed by atoms with Crippen molar-refractivity contribution in [1.29, 1.82) is 0 Å². The lowest BCUT2D eigenvalue weighted by atomic mass is 10.2. The van der Waals surface area contributed by atoms with E-state index in [0.29, 0.717) is 37.6 Å². The molecule has 252 valence electrons. The van der Waals surface area contributed by atoms with E-state index < -0.39 is 32.2 Å². The van der Waals surface area contributed by atoms with E-state index in [4.69, 9.17) is 24.3 Å². The van der Waals surface area contributed by atoms with Gasteiger partial charge >= 0.3 is 11.9 Å². The molecule has 2 aromatic rings. The van der Waals surface area contributed by atoms with Gasteiger partial charge in [0, 0.05) is 12.8 Å². The van der Waals surface area contributed by atoms with Gasteiger partial charge in [0.1, 0.15) is 11.5 Å². The minimum absolute atomic E-state index is 0.110. The number of carbonyl (C=O) groups excluding carboxylic acids is 2. The summed E-state index contributed by atoms with van der Waals surface area (Å²) in [7, 11) is -8.53. The molecule has 0 atom stereocenters. The second-order valence-corrected chi connectivity index (χ2v) is 11.6. The zero-order valence-electron chi connectivity index (χ0n) is 25.4. The number of nitrogens with zero attached hydrogens (tertiary/aromatic N) is 2. The summed E-state index contributed by atoms with van der Waals surface area (Å²) in [5.41, 5.74) is 0.220. The highest BCUT2D eigenvalue weighted by Crippen LogP contribution is 2.24. The molecule has 0 bridgehead atoms. The van der Waals surface area contributed by atoms with Gasteiger partial charge in [0.15, 0.2) is 11.4 Å². The topological polar surface area (TPSA) is 236 Å². The minimum Gasteiger partial charge on any atom is -0.461 e. The third kappa shape index (κ3) is 17.1. The Kier molecular flexibility index (Phi) is 19.7. The number of oxime groups is 2. The summed E-state index contributed by atoms with van der Waals surface area (Å²) in [6, 6.07) is 9.99. The van der Waals surface area contributed by atoms with Crippen LogP contribution in [0.15, 0.2) is 68.6 Å². The van der Waals surface area contributed by atoms with Crippen LogP contribution in [0.1, 0.15) is 66.2 Å². The molecule has 0 aliphatic carbocycles. The minimum atomic E-state index is -4.26. The summed E-state index contributed by atoms with van der Waals surface area (Å²) in [6.07, 6.45) is 4.53. The summed E-state index contributed by atoms with van der Waals surface area (Å²) < 4.78 is 75.8. The van der Waals surface area contributed by atoms with Gasteiger partial charge in [-0.1, -0.05) is 37.0 Å². The average Bonchev–Trinajstić information content (AvgIpc) is 2.98. The normalized spacial score (nSPS) is 11.7. The van der Waals surface area contributed by atoms with Crippen LogP contribution in [0.3, 0.4) is 0 Å². The van der Waals surface area contributed by atoms with E-state index in [1.807, 2.05) is 13.8 Å². The number of benzene rings is 2. The van der Waals surface area contributed by atoms with Gasteiger partial charge in [0.25, 0.3) is 20.2 Å². The van der Waals surface area contributed by atoms with Crippen LogP contribution in [0.25, 0.3) is 0 Å². The maximum Gasteiger partial charge on any atom is 0.356 e. The zero-order valence-corrected chi connectivity index (χ0v) is 27.1. The summed E-state index contributed by atoms with van der Waals surface area (Å²) in [4.78, 5) is 21.4.